The summed E-state index contributed by atoms with van der Waals surface area (Å²) in [4.78, 5) is 28.4. The fourth-order valence-electron chi connectivity index (χ4n) is 4.78. The average Bonchev–Trinajstić information content (AvgIpc) is 3.13. The fraction of sp³-hybridized carbons (Fsp3) is 0.267. The van der Waals surface area contributed by atoms with Gasteiger partial charge >= 0.3 is 0 Å². The van der Waals surface area contributed by atoms with Crippen molar-refractivity contribution in [1.82, 2.24) is 4.90 Å². The van der Waals surface area contributed by atoms with Gasteiger partial charge in [-0.3, -0.25) is 9.59 Å². The lowest BCUT2D eigenvalue weighted by molar-refractivity contribution is -0.140. The van der Waals surface area contributed by atoms with Crippen molar-refractivity contribution >= 4 is 29.1 Å². The second kappa shape index (κ2) is 10.7. The van der Waals surface area contributed by atoms with Gasteiger partial charge in [0, 0.05) is 16.1 Å². The molecule has 1 N–H and O–H groups in total. The summed E-state index contributed by atoms with van der Waals surface area (Å²) in [6, 6.07) is 17.1. The predicted octanol–water partition coefficient (Wildman–Crippen LogP) is 6.41. The van der Waals surface area contributed by atoms with Gasteiger partial charge in [-0.2, -0.15) is 0 Å². The lowest BCUT2D eigenvalue weighted by atomic mass is 9.91. The molecule has 192 valence electrons. The van der Waals surface area contributed by atoms with Crippen molar-refractivity contribution in [2.24, 2.45) is 0 Å². The summed E-state index contributed by atoms with van der Waals surface area (Å²) in [7, 11) is 3.16. The highest BCUT2D eigenvalue weighted by molar-refractivity contribution is 6.46. The van der Waals surface area contributed by atoms with E-state index in [2.05, 4.69) is 0 Å². The Morgan fingerprint density at radius 3 is 2.27 bits per heavy atom. The number of amides is 1. The molecule has 1 atom stereocenters. The number of aryl methyl sites for hydroxylation is 1. The Morgan fingerprint density at radius 1 is 1.00 bits per heavy atom. The van der Waals surface area contributed by atoms with Gasteiger partial charge in [-0.05, 0) is 59.9 Å². The Hall–Kier alpha value is -3.77. The molecule has 1 fully saturated rings. The Morgan fingerprint density at radius 2 is 1.65 bits per heavy atom. The van der Waals surface area contributed by atoms with E-state index in [4.69, 9.17) is 21.1 Å². The molecule has 1 unspecified atom stereocenters. The molecule has 7 heteroatoms. The minimum atomic E-state index is -0.814. The first kappa shape index (κ1) is 26.3. The molecule has 0 spiro atoms. The SMILES string of the molecule is COc1ccccc1CN1C(=O)C(=O)/C(=C(/O)c2cc(C(C)C)c(OC)cc2C)C1c1ccc(Cl)cc1. The number of methoxy groups -OCH3 is 2. The number of likely N-dealkylation sites (tertiary alicyclic amines) is 1. The number of rotatable bonds is 7. The van der Waals surface area contributed by atoms with Gasteiger partial charge in [0.1, 0.15) is 17.3 Å². The Labute approximate surface area is 222 Å². The molecule has 0 radical (unpaired) electrons. The number of hydrogen-bond donors (Lipinski definition) is 1. The standard InChI is InChI=1S/C30H30ClNO5/c1-17(2)22-15-23(18(3)14-25(22)37-5)28(33)26-27(19-10-12-21(31)13-11-19)32(30(35)29(26)34)16-20-8-6-7-9-24(20)36-4/h6-15,17,27,33H,16H2,1-5H3/b28-26+. The summed E-state index contributed by atoms with van der Waals surface area (Å²) in [6.45, 7) is 6.01. The van der Waals surface area contributed by atoms with E-state index in [1.807, 2.05) is 51.1 Å². The van der Waals surface area contributed by atoms with Crippen LogP contribution >= 0.6 is 11.6 Å². The van der Waals surface area contributed by atoms with Crippen LogP contribution in [0.2, 0.25) is 5.02 Å². The molecule has 0 aromatic heterocycles. The smallest absolute Gasteiger partial charge is 0.295 e. The summed E-state index contributed by atoms with van der Waals surface area (Å²) >= 11 is 6.14. The van der Waals surface area contributed by atoms with E-state index in [0.29, 0.717) is 27.6 Å². The molecule has 1 saturated heterocycles. The van der Waals surface area contributed by atoms with Crippen molar-refractivity contribution in [1.29, 1.82) is 0 Å². The second-order valence-electron chi connectivity index (χ2n) is 9.35. The third-order valence-corrected chi connectivity index (χ3v) is 6.96. The van der Waals surface area contributed by atoms with Gasteiger partial charge in [0.2, 0.25) is 0 Å². The number of benzene rings is 3. The lowest BCUT2D eigenvalue weighted by Crippen LogP contribution is -2.29. The number of carbonyl (C=O) groups is 2. The first-order chi connectivity index (χ1) is 17.7. The van der Waals surface area contributed by atoms with Gasteiger partial charge in [-0.1, -0.05) is 55.8 Å². The van der Waals surface area contributed by atoms with Gasteiger partial charge in [0.25, 0.3) is 11.7 Å². The zero-order chi connectivity index (χ0) is 26.9. The number of aliphatic hydroxyl groups excluding tert-OH is 1. The molecule has 3 aromatic rings. The highest BCUT2D eigenvalue weighted by Gasteiger charge is 2.46. The van der Waals surface area contributed by atoms with Crippen molar-refractivity contribution in [3.63, 3.8) is 0 Å². The molecular weight excluding hydrogens is 490 g/mol. The van der Waals surface area contributed by atoms with Crippen molar-refractivity contribution in [3.05, 3.63) is 99.1 Å². The van der Waals surface area contributed by atoms with E-state index in [1.54, 1.807) is 44.6 Å². The average molecular weight is 520 g/mol. The van der Waals surface area contributed by atoms with Crippen LogP contribution in [-0.2, 0) is 16.1 Å². The van der Waals surface area contributed by atoms with E-state index in [9.17, 15) is 14.7 Å². The van der Waals surface area contributed by atoms with Crippen molar-refractivity contribution in [2.45, 2.75) is 39.3 Å². The lowest BCUT2D eigenvalue weighted by Gasteiger charge is -2.26. The number of carbonyl (C=O) groups excluding carboxylic acids is 2. The largest absolute Gasteiger partial charge is 0.507 e. The van der Waals surface area contributed by atoms with Crippen molar-refractivity contribution < 1.29 is 24.2 Å². The van der Waals surface area contributed by atoms with E-state index in [0.717, 1.165) is 16.7 Å². The normalized spacial score (nSPS) is 16.9. The van der Waals surface area contributed by atoms with Crippen LogP contribution < -0.4 is 9.47 Å². The molecular formula is C30H30ClNO5. The third kappa shape index (κ3) is 4.94. The molecule has 1 aliphatic rings. The topological polar surface area (TPSA) is 76.1 Å². The quantitative estimate of drug-likeness (QED) is 0.222. The molecule has 1 amide bonds. The second-order valence-corrected chi connectivity index (χ2v) is 9.79. The van der Waals surface area contributed by atoms with Crippen LogP contribution in [-0.4, -0.2) is 35.9 Å². The minimum Gasteiger partial charge on any atom is -0.507 e. The summed E-state index contributed by atoms with van der Waals surface area (Å²) in [5.74, 6) is -0.233. The monoisotopic (exact) mass is 519 g/mol. The van der Waals surface area contributed by atoms with Gasteiger partial charge in [0.05, 0.1) is 32.4 Å². The first-order valence-electron chi connectivity index (χ1n) is 12.0. The molecule has 37 heavy (non-hydrogen) atoms. The number of halogens is 1. The molecule has 0 saturated carbocycles. The fourth-order valence-corrected chi connectivity index (χ4v) is 4.90. The van der Waals surface area contributed by atoms with Gasteiger partial charge in [0.15, 0.2) is 0 Å². The van der Waals surface area contributed by atoms with Crippen LogP contribution in [0, 0.1) is 6.92 Å². The van der Waals surface area contributed by atoms with Crippen LogP contribution in [0.15, 0.2) is 66.2 Å². The van der Waals surface area contributed by atoms with Crippen LogP contribution in [0.4, 0.5) is 0 Å². The van der Waals surface area contributed by atoms with Gasteiger partial charge < -0.3 is 19.5 Å². The van der Waals surface area contributed by atoms with E-state index in [-0.39, 0.29) is 23.8 Å². The molecule has 1 aliphatic heterocycles. The maximum absolute atomic E-state index is 13.5. The Bertz CT molecular complexity index is 1380. The zero-order valence-corrected chi connectivity index (χ0v) is 22.3. The number of para-hydroxylation sites is 1. The summed E-state index contributed by atoms with van der Waals surface area (Å²) in [5.41, 5.74) is 3.54. The van der Waals surface area contributed by atoms with E-state index in [1.165, 1.54) is 4.90 Å². The van der Waals surface area contributed by atoms with Gasteiger partial charge in [-0.25, -0.2) is 0 Å². The number of ketones is 1. The van der Waals surface area contributed by atoms with Crippen LogP contribution in [0.5, 0.6) is 11.5 Å². The number of nitrogens with zero attached hydrogens (tertiary/aromatic N) is 1. The van der Waals surface area contributed by atoms with Crippen LogP contribution in [0.25, 0.3) is 5.76 Å². The minimum absolute atomic E-state index is 0.0326. The summed E-state index contributed by atoms with van der Waals surface area (Å²) in [6.07, 6.45) is 0. The van der Waals surface area contributed by atoms with E-state index >= 15 is 0 Å². The maximum atomic E-state index is 13.5. The highest BCUT2D eigenvalue weighted by Crippen LogP contribution is 2.42. The summed E-state index contributed by atoms with van der Waals surface area (Å²) < 4.78 is 11.0. The van der Waals surface area contributed by atoms with Crippen LogP contribution in [0.3, 0.4) is 0 Å². The third-order valence-electron chi connectivity index (χ3n) is 6.71. The molecule has 3 aromatic carbocycles. The molecule has 0 bridgehead atoms. The molecule has 6 nitrogen and oxygen atoms in total. The van der Waals surface area contributed by atoms with Crippen molar-refractivity contribution in [2.75, 3.05) is 14.2 Å². The van der Waals surface area contributed by atoms with Gasteiger partial charge in [-0.15, -0.1) is 0 Å². The number of ether oxygens (including phenoxy) is 2. The zero-order valence-electron chi connectivity index (χ0n) is 21.5. The predicted molar refractivity (Wildman–Crippen MR) is 144 cm³/mol. The molecule has 0 aliphatic carbocycles. The van der Waals surface area contributed by atoms with E-state index < -0.39 is 17.7 Å². The Balaban J connectivity index is 1.92. The van der Waals surface area contributed by atoms with Crippen molar-refractivity contribution in [3.8, 4) is 11.5 Å². The first-order valence-corrected chi connectivity index (χ1v) is 12.4. The highest BCUT2D eigenvalue weighted by atomic mass is 35.5. The number of hydrogen-bond acceptors (Lipinski definition) is 5. The number of aliphatic hydroxyl groups is 1. The maximum Gasteiger partial charge on any atom is 0.295 e. The molecule has 4 rings (SSSR count). The number of Topliss-reactive ketones (excluding diaryl/α,β-unsaturated/α-hetero) is 1. The van der Waals surface area contributed by atoms with Crippen LogP contribution in [0.1, 0.15) is 53.6 Å². The molecule has 1 heterocycles. The Kier molecular flexibility index (Phi) is 7.60. The summed E-state index contributed by atoms with van der Waals surface area (Å²) in [5, 5.41) is 12.1.